The van der Waals surface area contributed by atoms with E-state index >= 15 is 0 Å². The molecule has 0 aromatic heterocycles. The van der Waals surface area contributed by atoms with Gasteiger partial charge in [0, 0.05) is 28.9 Å². The van der Waals surface area contributed by atoms with Crippen molar-refractivity contribution in [1.29, 1.82) is 0 Å². The van der Waals surface area contributed by atoms with Gasteiger partial charge in [0.2, 0.25) is 5.91 Å². The Bertz CT molecular complexity index is 471. The normalized spacial score (nSPS) is 16.7. The molecule has 1 N–H and O–H groups in total. The summed E-state index contributed by atoms with van der Waals surface area (Å²) in [6.07, 6.45) is 2.67. The highest BCUT2D eigenvalue weighted by atomic mass is 79.9. The molecule has 0 unspecified atom stereocenters. The lowest BCUT2D eigenvalue weighted by molar-refractivity contribution is -0.117. The second kappa shape index (κ2) is 5.95. The van der Waals surface area contributed by atoms with Crippen LogP contribution in [0.2, 0.25) is 0 Å². The van der Waals surface area contributed by atoms with Gasteiger partial charge in [-0.25, -0.2) is 0 Å². The van der Waals surface area contributed by atoms with Crippen LogP contribution in [0.4, 0.5) is 5.69 Å². The number of alkyl halides is 1. The monoisotopic (exact) mass is 325 g/mol. The highest BCUT2D eigenvalue weighted by Gasteiger charge is 2.31. The highest BCUT2D eigenvalue weighted by Crippen LogP contribution is 2.38. The van der Waals surface area contributed by atoms with Crippen molar-refractivity contribution < 1.29 is 9.53 Å². The third kappa shape index (κ3) is 3.50. The topological polar surface area (TPSA) is 38.3 Å². The SMILES string of the molecule is CC1(C)CC(=O)Nc2cc(OCCCCBr)ccc21. The first-order valence-electron chi connectivity index (χ1n) is 6.66. The van der Waals surface area contributed by atoms with E-state index in [-0.39, 0.29) is 11.3 Å². The average Bonchev–Trinajstić information content (AvgIpc) is 2.33. The number of hydrogen-bond acceptors (Lipinski definition) is 2. The maximum atomic E-state index is 11.7. The van der Waals surface area contributed by atoms with Crippen LogP contribution >= 0.6 is 15.9 Å². The number of hydrogen-bond donors (Lipinski definition) is 1. The van der Waals surface area contributed by atoms with E-state index in [1.165, 1.54) is 5.56 Å². The van der Waals surface area contributed by atoms with Crippen LogP contribution in [0.25, 0.3) is 0 Å². The predicted molar refractivity (Wildman–Crippen MR) is 81.2 cm³/mol. The second-order valence-electron chi connectivity index (χ2n) is 5.56. The minimum Gasteiger partial charge on any atom is -0.494 e. The molecule has 0 fully saturated rings. The number of unbranched alkanes of at least 4 members (excludes halogenated alkanes) is 1. The molecule has 19 heavy (non-hydrogen) atoms. The van der Waals surface area contributed by atoms with Crippen molar-refractivity contribution in [3.8, 4) is 5.75 Å². The molecule has 1 aromatic carbocycles. The largest absolute Gasteiger partial charge is 0.494 e. The zero-order valence-electron chi connectivity index (χ0n) is 11.5. The summed E-state index contributed by atoms with van der Waals surface area (Å²) in [6, 6.07) is 5.99. The summed E-state index contributed by atoms with van der Waals surface area (Å²) in [7, 11) is 0. The van der Waals surface area contributed by atoms with Crippen LogP contribution in [0.3, 0.4) is 0 Å². The van der Waals surface area contributed by atoms with Crippen molar-refractivity contribution >= 4 is 27.5 Å². The molecular formula is C15H20BrNO2. The van der Waals surface area contributed by atoms with E-state index in [2.05, 4.69) is 41.2 Å². The van der Waals surface area contributed by atoms with E-state index in [1.807, 2.05) is 12.1 Å². The van der Waals surface area contributed by atoms with Crippen molar-refractivity contribution in [3.63, 3.8) is 0 Å². The van der Waals surface area contributed by atoms with Crippen LogP contribution in [0, 0.1) is 0 Å². The zero-order chi connectivity index (χ0) is 13.9. The van der Waals surface area contributed by atoms with E-state index in [1.54, 1.807) is 0 Å². The molecule has 0 saturated heterocycles. The summed E-state index contributed by atoms with van der Waals surface area (Å²) >= 11 is 3.40. The van der Waals surface area contributed by atoms with E-state index in [4.69, 9.17) is 4.74 Å². The fourth-order valence-electron chi connectivity index (χ4n) is 2.38. The minimum atomic E-state index is -0.105. The first-order valence-corrected chi connectivity index (χ1v) is 7.78. The fourth-order valence-corrected chi connectivity index (χ4v) is 2.78. The average molecular weight is 326 g/mol. The smallest absolute Gasteiger partial charge is 0.225 e. The summed E-state index contributed by atoms with van der Waals surface area (Å²) < 4.78 is 5.71. The van der Waals surface area contributed by atoms with Crippen molar-refractivity contribution in [2.45, 2.75) is 38.5 Å². The molecular weight excluding hydrogens is 306 g/mol. The molecule has 2 rings (SSSR count). The van der Waals surface area contributed by atoms with Gasteiger partial charge < -0.3 is 10.1 Å². The standard InChI is InChI=1S/C15H20BrNO2/c1-15(2)10-14(18)17-13-9-11(5-6-12(13)15)19-8-4-3-7-16/h5-6,9H,3-4,7-8,10H2,1-2H3,(H,17,18). The summed E-state index contributed by atoms with van der Waals surface area (Å²) in [4.78, 5) is 11.7. The molecule has 104 valence electrons. The Morgan fingerprint density at radius 2 is 2.16 bits per heavy atom. The first-order chi connectivity index (χ1) is 9.03. The van der Waals surface area contributed by atoms with Gasteiger partial charge in [-0.15, -0.1) is 0 Å². The van der Waals surface area contributed by atoms with Gasteiger partial charge in [0.25, 0.3) is 0 Å². The second-order valence-corrected chi connectivity index (χ2v) is 6.35. The fraction of sp³-hybridized carbons (Fsp3) is 0.533. The Labute approximate surface area is 122 Å². The molecule has 1 amide bonds. The van der Waals surface area contributed by atoms with Crippen LogP contribution in [0.1, 0.15) is 38.7 Å². The van der Waals surface area contributed by atoms with E-state index in [0.29, 0.717) is 13.0 Å². The summed E-state index contributed by atoms with van der Waals surface area (Å²) in [5.74, 6) is 0.903. The number of carbonyl (C=O) groups is 1. The third-order valence-corrected chi connectivity index (χ3v) is 3.95. The number of carbonyl (C=O) groups excluding carboxylic acids is 1. The van der Waals surface area contributed by atoms with Gasteiger partial charge in [0.1, 0.15) is 5.75 Å². The molecule has 0 bridgehead atoms. The number of amides is 1. The lowest BCUT2D eigenvalue weighted by Gasteiger charge is -2.32. The molecule has 1 aliphatic heterocycles. The highest BCUT2D eigenvalue weighted by molar-refractivity contribution is 9.09. The lowest BCUT2D eigenvalue weighted by Crippen LogP contribution is -2.32. The maximum Gasteiger partial charge on any atom is 0.225 e. The number of ether oxygens (including phenoxy) is 1. The number of nitrogens with one attached hydrogen (secondary N) is 1. The molecule has 1 aromatic rings. The van der Waals surface area contributed by atoms with E-state index < -0.39 is 0 Å². The summed E-state index contributed by atoms with van der Waals surface area (Å²) in [5, 5.41) is 3.94. The van der Waals surface area contributed by atoms with Crippen LogP contribution < -0.4 is 10.1 Å². The van der Waals surface area contributed by atoms with E-state index in [9.17, 15) is 4.79 Å². The van der Waals surface area contributed by atoms with Gasteiger partial charge in [-0.1, -0.05) is 35.8 Å². The maximum absolute atomic E-state index is 11.7. The molecule has 0 saturated carbocycles. The number of benzene rings is 1. The Kier molecular flexibility index (Phi) is 4.50. The quantitative estimate of drug-likeness (QED) is 0.659. The predicted octanol–water partition coefficient (Wildman–Crippen LogP) is 3.86. The van der Waals surface area contributed by atoms with E-state index in [0.717, 1.165) is 29.6 Å². The van der Waals surface area contributed by atoms with Crippen molar-refractivity contribution in [2.75, 3.05) is 17.3 Å². The first kappa shape index (κ1) is 14.4. The van der Waals surface area contributed by atoms with Crippen molar-refractivity contribution in [1.82, 2.24) is 0 Å². The van der Waals surface area contributed by atoms with Gasteiger partial charge in [0.05, 0.1) is 6.61 Å². The van der Waals surface area contributed by atoms with Gasteiger partial charge >= 0.3 is 0 Å². The molecule has 0 atom stereocenters. The molecule has 1 heterocycles. The van der Waals surface area contributed by atoms with Crippen molar-refractivity contribution in [2.24, 2.45) is 0 Å². The molecule has 1 aliphatic rings. The number of rotatable bonds is 5. The summed E-state index contributed by atoms with van der Waals surface area (Å²) in [6.45, 7) is 4.91. The van der Waals surface area contributed by atoms with Crippen LogP contribution in [0.5, 0.6) is 5.75 Å². The summed E-state index contributed by atoms with van der Waals surface area (Å²) in [5.41, 5.74) is 1.96. The molecule has 0 aliphatic carbocycles. The van der Waals surface area contributed by atoms with Gasteiger partial charge in [-0.3, -0.25) is 4.79 Å². The zero-order valence-corrected chi connectivity index (χ0v) is 13.0. The Hall–Kier alpha value is -1.03. The van der Waals surface area contributed by atoms with Crippen molar-refractivity contribution in [3.05, 3.63) is 23.8 Å². The minimum absolute atomic E-state index is 0.0777. The van der Waals surface area contributed by atoms with Gasteiger partial charge in [0.15, 0.2) is 0 Å². The van der Waals surface area contributed by atoms with Crippen LogP contribution in [-0.4, -0.2) is 17.8 Å². The molecule has 0 radical (unpaired) electrons. The lowest BCUT2D eigenvalue weighted by atomic mass is 9.78. The third-order valence-electron chi connectivity index (χ3n) is 3.39. The number of anilines is 1. The van der Waals surface area contributed by atoms with Gasteiger partial charge in [-0.05, 0) is 24.5 Å². The Morgan fingerprint density at radius 3 is 2.89 bits per heavy atom. The van der Waals surface area contributed by atoms with Crippen LogP contribution in [0.15, 0.2) is 18.2 Å². The van der Waals surface area contributed by atoms with Gasteiger partial charge in [-0.2, -0.15) is 0 Å². The Morgan fingerprint density at radius 1 is 1.37 bits per heavy atom. The Balaban J connectivity index is 2.10. The molecule has 3 nitrogen and oxygen atoms in total. The number of fused-ring (bicyclic) bond motifs is 1. The number of halogens is 1. The molecule has 4 heteroatoms. The van der Waals surface area contributed by atoms with Crippen LogP contribution in [-0.2, 0) is 10.2 Å². The molecule has 0 spiro atoms.